The monoisotopic (exact) mass is 338 g/mol. The highest BCUT2D eigenvalue weighted by Crippen LogP contribution is 2.11. The fourth-order valence-electron chi connectivity index (χ4n) is 2.06. The van der Waals surface area contributed by atoms with Crippen LogP contribution in [0.4, 0.5) is 0 Å². The number of sulfonamides is 1. The third-order valence-electron chi connectivity index (χ3n) is 3.40. The van der Waals surface area contributed by atoms with E-state index in [4.69, 9.17) is 0 Å². The van der Waals surface area contributed by atoms with Crippen molar-refractivity contribution in [1.29, 1.82) is 0 Å². The molecule has 0 spiro atoms. The molecule has 0 unspecified atom stereocenters. The molecule has 0 saturated carbocycles. The molecule has 23 heavy (non-hydrogen) atoms. The van der Waals surface area contributed by atoms with Crippen LogP contribution >= 0.6 is 0 Å². The van der Waals surface area contributed by atoms with Crippen molar-refractivity contribution in [2.24, 2.45) is 5.10 Å². The van der Waals surface area contributed by atoms with Gasteiger partial charge in [-0.2, -0.15) is 5.10 Å². The van der Waals surface area contributed by atoms with Crippen molar-refractivity contribution < 1.29 is 18.0 Å². The first-order valence-corrected chi connectivity index (χ1v) is 8.46. The lowest BCUT2D eigenvalue weighted by Gasteiger charge is -2.18. The molecule has 1 aromatic rings. The van der Waals surface area contributed by atoms with E-state index < -0.39 is 10.0 Å². The largest absolute Gasteiger partial charge is 0.347 e. The molecule has 124 valence electrons. The summed E-state index contributed by atoms with van der Waals surface area (Å²) in [7, 11) is -0.687. The van der Waals surface area contributed by atoms with Crippen LogP contribution in [0.25, 0.3) is 0 Å². The Labute approximate surface area is 134 Å². The molecule has 2 rings (SSSR count). The zero-order valence-corrected chi connectivity index (χ0v) is 13.7. The number of nitrogens with one attached hydrogen (secondary N) is 2. The lowest BCUT2D eigenvalue weighted by atomic mass is 10.1. The van der Waals surface area contributed by atoms with E-state index in [-0.39, 0.29) is 35.4 Å². The highest BCUT2D eigenvalue weighted by molar-refractivity contribution is 7.89. The van der Waals surface area contributed by atoms with E-state index in [1.54, 1.807) is 12.1 Å². The molecule has 1 aliphatic rings. The minimum absolute atomic E-state index is 0.132. The van der Waals surface area contributed by atoms with Crippen LogP contribution < -0.4 is 10.0 Å². The fraction of sp³-hybridized carbons (Fsp3) is 0.357. The first kappa shape index (κ1) is 17.1. The van der Waals surface area contributed by atoms with Crippen LogP contribution in [-0.4, -0.2) is 45.0 Å². The molecule has 0 atom stereocenters. The van der Waals surface area contributed by atoms with E-state index in [9.17, 15) is 18.0 Å². The summed E-state index contributed by atoms with van der Waals surface area (Å²) in [6.07, 6.45) is 0.543. The molecule has 2 N–H and O–H groups in total. The topological polar surface area (TPSA) is 108 Å². The molecule has 9 heteroatoms. The molecule has 0 saturated heterocycles. The number of amides is 2. The van der Waals surface area contributed by atoms with Crippen molar-refractivity contribution in [2.75, 3.05) is 14.1 Å². The van der Waals surface area contributed by atoms with Gasteiger partial charge < -0.3 is 5.32 Å². The number of hydrazone groups is 1. The molecular weight excluding hydrogens is 320 g/mol. The number of hydrogen-bond acceptors (Lipinski definition) is 5. The van der Waals surface area contributed by atoms with E-state index in [1.165, 1.54) is 26.2 Å². The van der Waals surface area contributed by atoms with Crippen LogP contribution in [0.15, 0.2) is 34.3 Å². The summed E-state index contributed by atoms with van der Waals surface area (Å²) < 4.78 is 25.7. The average molecular weight is 338 g/mol. The van der Waals surface area contributed by atoms with E-state index >= 15 is 0 Å². The number of rotatable bonds is 5. The second-order valence-electron chi connectivity index (χ2n) is 5.00. The Morgan fingerprint density at radius 2 is 2.09 bits per heavy atom. The van der Waals surface area contributed by atoms with Gasteiger partial charge in [-0.25, -0.2) is 18.1 Å². The van der Waals surface area contributed by atoms with E-state index in [1.807, 2.05) is 0 Å². The zero-order chi connectivity index (χ0) is 17.0. The first-order valence-electron chi connectivity index (χ1n) is 6.98. The number of hydrogen-bond donors (Lipinski definition) is 2. The summed E-state index contributed by atoms with van der Waals surface area (Å²) >= 11 is 0. The van der Waals surface area contributed by atoms with Crippen LogP contribution in [-0.2, 0) is 26.2 Å². The van der Waals surface area contributed by atoms with Crippen molar-refractivity contribution in [1.82, 2.24) is 15.0 Å². The summed E-state index contributed by atoms with van der Waals surface area (Å²) in [5, 5.41) is 7.76. The van der Waals surface area contributed by atoms with Gasteiger partial charge in [0.2, 0.25) is 15.9 Å². The second-order valence-corrected chi connectivity index (χ2v) is 6.89. The van der Waals surface area contributed by atoms with Crippen molar-refractivity contribution in [3.05, 3.63) is 29.8 Å². The Bertz CT molecular complexity index is 758. The number of carbonyl (C=O) groups is 2. The van der Waals surface area contributed by atoms with Gasteiger partial charge in [-0.15, -0.1) is 0 Å². The third kappa shape index (κ3) is 4.14. The van der Waals surface area contributed by atoms with Crippen LogP contribution in [0.5, 0.6) is 0 Å². The molecular formula is C14H18N4O4S. The van der Waals surface area contributed by atoms with E-state index in [0.717, 1.165) is 5.01 Å². The van der Waals surface area contributed by atoms with Gasteiger partial charge in [-0.3, -0.25) is 9.59 Å². The number of nitrogens with zero attached hydrogens (tertiary/aromatic N) is 2. The van der Waals surface area contributed by atoms with Gasteiger partial charge in [-0.05, 0) is 24.7 Å². The minimum atomic E-state index is -3.52. The maximum atomic E-state index is 12.1. The SMILES string of the molecule is CNS(=O)(=O)c1cccc(CNC(=O)C2=NN(C)C(=O)CC2)c1. The maximum absolute atomic E-state index is 12.1. The predicted molar refractivity (Wildman–Crippen MR) is 84.0 cm³/mol. The lowest BCUT2D eigenvalue weighted by molar-refractivity contribution is -0.130. The Morgan fingerprint density at radius 3 is 2.74 bits per heavy atom. The van der Waals surface area contributed by atoms with E-state index in [2.05, 4.69) is 15.1 Å². The normalized spacial score (nSPS) is 15.3. The molecule has 1 heterocycles. The van der Waals surface area contributed by atoms with Crippen molar-refractivity contribution in [3.63, 3.8) is 0 Å². The van der Waals surface area contributed by atoms with Crippen LogP contribution in [0.3, 0.4) is 0 Å². The molecule has 0 fully saturated rings. The summed E-state index contributed by atoms with van der Waals surface area (Å²) in [6, 6.07) is 6.29. The molecule has 0 bridgehead atoms. The van der Waals surface area contributed by atoms with Gasteiger partial charge in [0, 0.05) is 26.4 Å². The molecule has 1 aromatic carbocycles. The van der Waals surface area contributed by atoms with Gasteiger partial charge in [0.25, 0.3) is 5.91 Å². The standard InChI is InChI=1S/C14H18N4O4S/c1-15-23(21,22)11-5-3-4-10(8-11)9-16-14(20)12-6-7-13(19)18(2)17-12/h3-5,8,15H,6-7,9H2,1-2H3,(H,16,20). The molecule has 0 radical (unpaired) electrons. The molecule has 2 amide bonds. The molecule has 0 aliphatic carbocycles. The molecule has 0 aromatic heterocycles. The minimum Gasteiger partial charge on any atom is -0.347 e. The quantitative estimate of drug-likeness (QED) is 0.776. The highest BCUT2D eigenvalue weighted by atomic mass is 32.2. The Balaban J connectivity index is 2.04. The summed E-state index contributed by atoms with van der Waals surface area (Å²) in [5.74, 6) is -0.502. The fourth-order valence-corrected chi connectivity index (χ4v) is 2.86. The summed E-state index contributed by atoms with van der Waals surface area (Å²) in [4.78, 5) is 23.5. The zero-order valence-electron chi connectivity index (χ0n) is 12.9. The lowest BCUT2D eigenvalue weighted by Crippen LogP contribution is -2.37. The Kier molecular flexibility index (Phi) is 5.12. The van der Waals surface area contributed by atoms with Crippen molar-refractivity contribution in [2.45, 2.75) is 24.3 Å². The van der Waals surface area contributed by atoms with Gasteiger partial charge in [-0.1, -0.05) is 12.1 Å². The van der Waals surface area contributed by atoms with Gasteiger partial charge in [0.15, 0.2) is 0 Å². The van der Waals surface area contributed by atoms with Crippen molar-refractivity contribution >= 4 is 27.5 Å². The highest BCUT2D eigenvalue weighted by Gasteiger charge is 2.21. The van der Waals surface area contributed by atoms with E-state index in [0.29, 0.717) is 12.0 Å². The van der Waals surface area contributed by atoms with Crippen molar-refractivity contribution in [3.8, 4) is 0 Å². The first-order chi connectivity index (χ1) is 10.8. The smallest absolute Gasteiger partial charge is 0.267 e. The van der Waals surface area contributed by atoms with Crippen LogP contribution in [0.2, 0.25) is 0 Å². The molecule has 8 nitrogen and oxygen atoms in total. The van der Waals surface area contributed by atoms with Gasteiger partial charge in [0.1, 0.15) is 5.71 Å². The van der Waals surface area contributed by atoms with Gasteiger partial charge in [0.05, 0.1) is 4.90 Å². The molecule has 1 aliphatic heterocycles. The number of benzene rings is 1. The van der Waals surface area contributed by atoms with Crippen LogP contribution in [0.1, 0.15) is 18.4 Å². The summed E-state index contributed by atoms with van der Waals surface area (Å²) in [6.45, 7) is 0.169. The summed E-state index contributed by atoms with van der Waals surface area (Å²) in [5.41, 5.74) is 0.932. The Morgan fingerprint density at radius 1 is 1.35 bits per heavy atom. The van der Waals surface area contributed by atoms with Gasteiger partial charge >= 0.3 is 0 Å². The van der Waals surface area contributed by atoms with Crippen LogP contribution in [0, 0.1) is 0 Å². The number of carbonyl (C=O) groups excluding carboxylic acids is 2. The second kappa shape index (κ2) is 6.88. The Hall–Kier alpha value is -2.26. The average Bonchev–Trinajstić information content (AvgIpc) is 2.55. The maximum Gasteiger partial charge on any atom is 0.267 e. The predicted octanol–water partition coefficient (Wildman–Crippen LogP) is -0.181. The third-order valence-corrected chi connectivity index (χ3v) is 4.81.